The van der Waals surface area contributed by atoms with Crippen LogP contribution in [0.4, 0.5) is 4.39 Å². The van der Waals surface area contributed by atoms with Crippen molar-refractivity contribution in [3.63, 3.8) is 0 Å². The van der Waals surface area contributed by atoms with Gasteiger partial charge in [-0.05, 0) is 49.2 Å². The maximum atomic E-state index is 13.9. The quantitative estimate of drug-likeness (QED) is 0.735. The van der Waals surface area contributed by atoms with Crippen molar-refractivity contribution in [1.82, 2.24) is 4.90 Å². The second-order valence-electron chi connectivity index (χ2n) is 6.68. The molecular formula is C20H21ClFNO4S. The number of nitrogens with zero attached hydrogens (tertiary/aromatic N) is 1. The number of hydrogen-bond acceptors (Lipinski definition) is 4. The number of halogens is 2. The van der Waals surface area contributed by atoms with Gasteiger partial charge in [0, 0.05) is 23.7 Å². The second kappa shape index (κ2) is 8.49. The van der Waals surface area contributed by atoms with E-state index in [0.29, 0.717) is 31.7 Å². The summed E-state index contributed by atoms with van der Waals surface area (Å²) < 4.78 is 44.6. The molecule has 5 nitrogen and oxygen atoms in total. The highest BCUT2D eigenvalue weighted by Gasteiger charge is 2.33. The Labute approximate surface area is 169 Å². The first kappa shape index (κ1) is 20.6. The molecule has 0 spiro atoms. The van der Waals surface area contributed by atoms with Crippen molar-refractivity contribution in [2.75, 3.05) is 20.2 Å². The topological polar surface area (TPSA) is 63.7 Å². The summed E-state index contributed by atoms with van der Waals surface area (Å²) in [5, 5.41) is -0.340. The number of ether oxygens (including phenoxy) is 1. The average molecular weight is 426 g/mol. The number of rotatable bonds is 5. The summed E-state index contributed by atoms with van der Waals surface area (Å²) in [6, 6.07) is 10.6. The minimum Gasteiger partial charge on any atom is -0.497 e. The van der Waals surface area contributed by atoms with E-state index in [2.05, 4.69) is 0 Å². The Morgan fingerprint density at radius 1 is 1.18 bits per heavy atom. The average Bonchev–Trinajstić information content (AvgIpc) is 2.71. The fraction of sp³-hybridized carbons (Fsp3) is 0.350. The lowest BCUT2D eigenvalue weighted by molar-refractivity contribution is -0.131. The van der Waals surface area contributed by atoms with Crippen LogP contribution in [0.1, 0.15) is 18.4 Å². The van der Waals surface area contributed by atoms with E-state index in [9.17, 15) is 17.6 Å². The molecule has 1 aliphatic heterocycles. The predicted octanol–water partition coefficient (Wildman–Crippen LogP) is 3.50. The van der Waals surface area contributed by atoms with Gasteiger partial charge in [0.1, 0.15) is 11.6 Å². The number of methoxy groups -OCH3 is 1. The fourth-order valence-corrected chi connectivity index (χ4v) is 5.30. The van der Waals surface area contributed by atoms with Crippen molar-refractivity contribution in [3.8, 4) is 5.75 Å². The molecule has 2 aromatic rings. The number of amides is 1. The largest absolute Gasteiger partial charge is 0.497 e. The van der Waals surface area contributed by atoms with Gasteiger partial charge in [0.15, 0.2) is 9.84 Å². The van der Waals surface area contributed by atoms with Crippen LogP contribution in [0.15, 0.2) is 47.4 Å². The van der Waals surface area contributed by atoms with E-state index >= 15 is 0 Å². The molecule has 0 aromatic heterocycles. The molecular weight excluding hydrogens is 405 g/mol. The highest BCUT2D eigenvalue weighted by molar-refractivity contribution is 7.92. The Balaban J connectivity index is 1.64. The maximum absolute atomic E-state index is 13.9. The van der Waals surface area contributed by atoms with Crippen LogP contribution in [-0.2, 0) is 21.1 Å². The summed E-state index contributed by atoms with van der Waals surface area (Å²) >= 11 is 5.99. The number of benzene rings is 2. The zero-order valence-electron chi connectivity index (χ0n) is 15.4. The van der Waals surface area contributed by atoms with Crippen LogP contribution < -0.4 is 4.74 Å². The van der Waals surface area contributed by atoms with Gasteiger partial charge >= 0.3 is 0 Å². The molecule has 1 heterocycles. The van der Waals surface area contributed by atoms with Gasteiger partial charge in [-0.25, -0.2) is 12.8 Å². The Hall–Kier alpha value is -2.12. The van der Waals surface area contributed by atoms with Crippen molar-refractivity contribution in [2.24, 2.45) is 0 Å². The summed E-state index contributed by atoms with van der Waals surface area (Å²) in [5.41, 5.74) is 0.169. The molecule has 28 heavy (non-hydrogen) atoms. The van der Waals surface area contributed by atoms with Crippen LogP contribution in [0.25, 0.3) is 0 Å². The van der Waals surface area contributed by atoms with E-state index in [1.807, 2.05) is 0 Å². The van der Waals surface area contributed by atoms with Gasteiger partial charge in [-0.3, -0.25) is 4.79 Å². The Kier molecular flexibility index (Phi) is 6.25. The maximum Gasteiger partial charge on any atom is 0.227 e. The molecule has 0 aliphatic carbocycles. The molecule has 8 heteroatoms. The van der Waals surface area contributed by atoms with Crippen molar-refractivity contribution in [1.29, 1.82) is 0 Å². The molecule has 1 amide bonds. The third kappa shape index (κ3) is 4.31. The highest BCUT2D eigenvalue weighted by atomic mass is 35.5. The van der Waals surface area contributed by atoms with Crippen LogP contribution >= 0.6 is 11.6 Å². The van der Waals surface area contributed by atoms with E-state index in [4.69, 9.17) is 16.3 Å². The van der Waals surface area contributed by atoms with Crippen molar-refractivity contribution in [3.05, 3.63) is 58.9 Å². The minimum absolute atomic E-state index is 0.137. The van der Waals surface area contributed by atoms with Crippen LogP contribution in [0.2, 0.25) is 5.02 Å². The van der Waals surface area contributed by atoms with Gasteiger partial charge in [-0.15, -0.1) is 0 Å². The van der Waals surface area contributed by atoms with Crippen molar-refractivity contribution < 1.29 is 22.3 Å². The highest BCUT2D eigenvalue weighted by Crippen LogP contribution is 2.27. The summed E-state index contributed by atoms with van der Waals surface area (Å²) in [6.07, 6.45) is 0.539. The molecule has 0 unspecified atom stereocenters. The van der Waals surface area contributed by atoms with E-state index < -0.39 is 20.9 Å². The molecule has 1 fully saturated rings. The Bertz CT molecular complexity index is 934. The lowest BCUT2D eigenvalue weighted by atomic mass is 10.1. The van der Waals surface area contributed by atoms with Crippen LogP contribution in [-0.4, -0.2) is 44.7 Å². The predicted molar refractivity (Wildman–Crippen MR) is 105 cm³/mol. The van der Waals surface area contributed by atoms with E-state index in [0.717, 1.165) is 0 Å². The first-order chi connectivity index (χ1) is 13.3. The summed E-state index contributed by atoms with van der Waals surface area (Å²) in [4.78, 5) is 14.3. The summed E-state index contributed by atoms with van der Waals surface area (Å²) in [6.45, 7) is 0.621. The standard InChI is InChI=1S/C20H21ClFNO4S/c1-27-14-5-7-15(8-6-14)28(25,26)16-9-11-23(12-10-16)20(24)13-17-18(21)3-2-4-19(17)22/h2-8,16H,9-13H2,1H3. The number of sulfone groups is 1. The molecule has 0 atom stereocenters. The molecule has 1 saturated heterocycles. The van der Waals surface area contributed by atoms with E-state index in [1.54, 1.807) is 23.1 Å². The minimum atomic E-state index is -3.48. The zero-order valence-corrected chi connectivity index (χ0v) is 17.0. The van der Waals surface area contributed by atoms with Crippen molar-refractivity contribution >= 4 is 27.3 Å². The van der Waals surface area contributed by atoms with Crippen LogP contribution in [0.5, 0.6) is 5.75 Å². The third-order valence-electron chi connectivity index (χ3n) is 5.01. The van der Waals surface area contributed by atoms with Crippen LogP contribution in [0.3, 0.4) is 0 Å². The first-order valence-electron chi connectivity index (χ1n) is 8.91. The van der Waals surface area contributed by atoms with E-state index in [-0.39, 0.29) is 27.8 Å². The first-order valence-corrected chi connectivity index (χ1v) is 10.8. The lowest BCUT2D eigenvalue weighted by Crippen LogP contribution is -2.43. The normalized spacial score (nSPS) is 15.5. The van der Waals surface area contributed by atoms with Crippen LogP contribution in [0, 0.1) is 5.82 Å². The van der Waals surface area contributed by atoms with Gasteiger partial charge < -0.3 is 9.64 Å². The molecule has 1 aliphatic rings. The smallest absolute Gasteiger partial charge is 0.227 e. The molecule has 0 bridgehead atoms. The number of carbonyl (C=O) groups excluding carboxylic acids is 1. The van der Waals surface area contributed by atoms with Gasteiger partial charge in [0.25, 0.3) is 0 Å². The number of piperidine rings is 1. The monoisotopic (exact) mass is 425 g/mol. The van der Waals surface area contributed by atoms with E-state index in [1.165, 1.54) is 31.4 Å². The second-order valence-corrected chi connectivity index (χ2v) is 9.31. The summed E-state index contributed by atoms with van der Waals surface area (Å²) in [5.74, 6) is -0.184. The molecule has 150 valence electrons. The van der Waals surface area contributed by atoms with Gasteiger partial charge in [0.2, 0.25) is 5.91 Å². The molecule has 3 rings (SSSR count). The molecule has 0 radical (unpaired) electrons. The number of carbonyl (C=O) groups is 1. The SMILES string of the molecule is COc1ccc(S(=O)(=O)C2CCN(C(=O)Cc3c(F)cccc3Cl)CC2)cc1. The van der Waals surface area contributed by atoms with Gasteiger partial charge in [0.05, 0.1) is 23.7 Å². The zero-order chi connectivity index (χ0) is 20.3. The molecule has 2 aromatic carbocycles. The fourth-order valence-electron chi connectivity index (χ4n) is 3.34. The number of likely N-dealkylation sites (tertiary alicyclic amines) is 1. The number of hydrogen-bond donors (Lipinski definition) is 0. The lowest BCUT2D eigenvalue weighted by Gasteiger charge is -2.32. The Morgan fingerprint density at radius 3 is 2.39 bits per heavy atom. The van der Waals surface area contributed by atoms with Gasteiger partial charge in [-0.2, -0.15) is 0 Å². The molecule has 0 saturated carbocycles. The Morgan fingerprint density at radius 2 is 1.82 bits per heavy atom. The van der Waals surface area contributed by atoms with Gasteiger partial charge in [-0.1, -0.05) is 17.7 Å². The summed E-state index contributed by atoms with van der Waals surface area (Å²) in [7, 11) is -1.96. The molecule has 0 N–H and O–H groups in total. The third-order valence-corrected chi connectivity index (χ3v) is 7.64. The van der Waals surface area contributed by atoms with Crippen molar-refractivity contribution in [2.45, 2.75) is 29.4 Å².